The van der Waals surface area contributed by atoms with Gasteiger partial charge in [-0.2, -0.15) is 0 Å². The second-order valence-corrected chi connectivity index (χ2v) is 4.41. The van der Waals surface area contributed by atoms with Crippen LogP contribution in [0.3, 0.4) is 0 Å². The Hall–Kier alpha value is -1.82. The summed E-state index contributed by atoms with van der Waals surface area (Å²) < 4.78 is 18.6. The molecular formula is C12H9BrFNO3. The Kier molecular flexibility index (Phi) is 3.66. The lowest BCUT2D eigenvalue weighted by Gasteiger charge is -2.07. The van der Waals surface area contributed by atoms with Crippen molar-refractivity contribution in [1.29, 1.82) is 0 Å². The number of rotatable bonds is 4. The van der Waals surface area contributed by atoms with Crippen molar-refractivity contribution in [2.45, 2.75) is 6.54 Å². The van der Waals surface area contributed by atoms with Crippen LogP contribution in [0, 0.1) is 5.82 Å². The van der Waals surface area contributed by atoms with E-state index < -0.39 is 5.97 Å². The molecule has 0 spiro atoms. The minimum Gasteiger partial charge on any atom is -0.475 e. The number of carboxylic acids is 1. The topological polar surface area (TPSA) is 62.5 Å². The van der Waals surface area contributed by atoms with Gasteiger partial charge in [0.2, 0.25) is 5.76 Å². The van der Waals surface area contributed by atoms with Gasteiger partial charge in [-0.05, 0) is 40.2 Å². The Labute approximate surface area is 111 Å². The first-order valence-corrected chi connectivity index (χ1v) is 5.86. The molecule has 0 unspecified atom stereocenters. The molecule has 0 fully saturated rings. The van der Waals surface area contributed by atoms with Gasteiger partial charge in [0.25, 0.3) is 0 Å². The predicted octanol–water partition coefficient (Wildman–Crippen LogP) is 3.49. The molecule has 2 rings (SSSR count). The van der Waals surface area contributed by atoms with Gasteiger partial charge in [0.15, 0.2) is 0 Å². The molecule has 2 aromatic rings. The highest BCUT2D eigenvalue weighted by Crippen LogP contribution is 2.24. The van der Waals surface area contributed by atoms with Crippen LogP contribution in [-0.2, 0) is 6.54 Å². The van der Waals surface area contributed by atoms with Gasteiger partial charge >= 0.3 is 5.97 Å². The fourth-order valence-corrected chi connectivity index (χ4v) is 1.87. The zero-order valence-electron chi connectivity index (χ0n) is 9.11. The van der Waals surface area contributed by atoms with Gasteiger partial charge < -0.3 is 14.8 Å². The molecule has 1 heterocycles. The van der Waals surface area contributed by atoms with E-state index in [-0.39, 0.29) is 18.1 Å². The monoisotopic (exact) mass is 313 g/mol. The first-order chi connectivity index (χ1) is 8.58. The minimum absolute atomic E-state index is 0.116. The average molecular weight is 314 g/mol. The summed E-state index contributed by atoms with van der Waals surface area (Å²) >= 11 is 3.27. The predicted molar refractivity (Wildman–Crippen MR) is 67.1 cm³/mol. The van der Waals surface area contributed by atoms with Gasteiger partial charge in [-0.1, -0.05) is 0 Å². The third-order valence-electron chi connectivity index (χ3n) is 2.34. The summed E-state index contributed by atoms with van der Waals surface area (Å²) in [6.07, 6.45) is 1.31. The minimum atomic E-state index is -1.13. The third-order valence-corrected chi connectivity index (χ3v) is 3.03. The van der Waals surface area contributed by atoms with E-state index in [2.05, 4.69) is 21.2 Å². The van der Waals surface area contributed by atoms with Crippen molar-refractivity contribution in [3.63, 3.8) is 0 Å². The Balaban J connectivity index is 2.14. The summed E-state index contributed by atoms with van der Waals surface area (Å²) in [5.74, 6) is -1.61. The Morgan fingerprint density at radius 1 is 1.44 bits per heavy atom. The van der Waals surface area contributed by atoms with Crippen LogP contribution in [0.2, 0.25) is 0 Å². The van der Waals surface area contributed by atoms with E-state index in [1.54, 1.807) is 12.1 Å². The van der Waals surface area contributed by atoms with E-state index in [0.29, 0.717) is 15.7 Å². The number of hydrogen-bond donors (Lipinski definition) is 2. The van der Waals surface area contributed by atoms with Gasteiger partial charge in [-0.15, -0.1) is 0 Å². The molecule has 0 aliphatic carbocycles. The van der Waals surface area contributed by atoms with E-state index in [0.717, 1.165) is 0 Å². The van der Waals surface area contributed by atoms with Crippen LogP contribution in [0.1, 0.15) is 16.1 Å². The third kappa shape index (κ3) is 2.70. The highest BCUT2D eigenvalue weighted by Gasteiger charge is 2.13. The molecule has 0 atom stereocenters. The molecular weight excluding hydrogens is 305 g/mol. The van der Waals surface area contributed by atoms with E-state index in [1.165, 1.54) is 18.4 Å². The van der Waals surface area contributed by atoms with Crippen LogP contribution in [-0.4, -0.2) is 11.1 Å². The summed E-state index contributed by atoms with van der Waals surface area (Å²) in [5.41, 5.74) is 1.05. The molecule has 0 bridgehead atoms. The number of carbonyl (C=O) groups is 1. The Morgan fingerprint density at radius 2 is 2.22 bits per heavy atom. The summed E-state index contributed by atoms with van der Waals surface area (Å²) in [5, 5.41) is 11.8. The molecule has 0 saturated heterocycles. The van der Waals surface area contributed by atoms with Gasteiger partial charge in [0, 0.05) is 16.6 Å². The molecule has 18 heavy (non-hydrogen) atoms. The quantitative estimate of drug-likeness (QED) is 0.907. The first kappa shape index (κ1) is 12.6. The van der Waals surface area contributed by atoms with Crippen molar-refractivity contribution in [1.82, 2.24) is 0 Å². The molecule has 1 aromatic heterocycles. The Morgan fingerprint density at radius 3 is 2.94 bits per heavy atom. The molecule has 0 amide bonds. The number of carboxylic acid groups (broad SMARTS) is 1. The molecule has 6 heteroatoms. The standard InChI is InChI=1S/C12H9BrFNO3/c13-9-2-1-8(14)5-10(9)15-6-7-3-4-18-11(7)12(16)17/h1-5,15H,6H2,(H,16,17). The lowest BCUT2D eigenvalue weighted by atomic mass is 10.2. The smallest absolute Gasteiger partial charge is 0.372 e. The number of halogens is 2. The van der Waals surface area contributed by atoms with E-state index in [4.69, 9.17) is 9.52 Å². The lowest BCUT2D eigenvalue weighted by Crippen LogP contribution is -2.05. The van der Waals surface area contributed by atoms with Crippen molar-refractivity contribution in [3.8, 4) is 0 Å². The fourth-order valence-electron chi connectivity index (χ4n) is 1.49. The zero-order chi connectivity index (χ0) is 13.1. The number of nitrogens with one attached hydrogen (secondary N) is 1. The van der Waals surface area contributed by atoms with Crippen LogP contribution >= 0.6 is 15.9 Å². The van der Waals surface area contributed by atoms with Gasteiger partial charge in [0.05, 0.1) is 12.0 Å². The van der Waals surface area contributed by atoms with Gasteiger partial charge in [0.1, 0.15) is 5.82 Å². The number of benzene rings is 1. The maximum absolute atomic E-state index is 13.0. The second kappa shape index (κ2) is 5.22. The highest BCUT2D eigenvalue weighted by atomic mass is 79.9. The summed E-state index contributed by atoms with van der Waals surface area (Å²) in [6.45, 7) is 0.236. The summed E-state index contributed by atoms with van der Waals surface area (Å²) in [6, 6.07) is 5.79. The number of furan rings is 1. The zero-order valence-corrected chi connectivity index (χ0v) is 10.7. The van der Waals surface area contributed by atoms with Gasteiger partial charge in [-0.25, -0.2) is 9.18 Å². The van der Waals surface area contributed by atoms with Crippen LogP contribution in [0.25, 0.3) is 0 Å². The second-order valence-electron chi connectivity index (χ2n) is 3.56. The van der Waals surface area contributed by atoms with Crippen LogP contribution in [0.15, 0.2) is 39.4 Å². The highest BCUT2D eigenvalue weighted by molar-refractivity contribution is 9.10. The van der Waals surface area contributed by atoms with Gasteiger partial charge in [-0.3, -0.25) is 0 Å². The van der Waals surface area contributed by atoms with Crippen molar-refractivity contribution >= 4 is 27.6 Å². The lowest BCUT2D eigenvalue weighted by molar-refractivity contribution is 0.0661. The van der Waals surface area contributed by atoms with Crippen molar-refractivity contribution in [2.75, 3.05) is 5.32 Å². The molecule has 0 radical (unpaired) electrons. The van der Waals surface area contributed by atoms with E-state index >= 15 is 0 Å². The molecule has 0 saturated carbocycles. The van der Waals surface area contributed by atoms with Crippen LogP contribution in [0.5, 0.6) is 0 Å². The van der Waals surface area contributed by atoms with Crippen molar-refractivity contribution < 1.29 is 18.7 Å². The summed E-state index contributed by atoms with van der Waals surface area (Å²) in [4.78, 5) is 10.8. The Bertz CT molecular complexity index is 582. The number of aromatic carboxylic acids is 1. The average Bonchev–Trinajstić information content (AvgIpc) is 2.79. The fraction of sp³-hybridized carbons (Fsp3) is 0.0833. The SMILES string of the molecule is O=C(O)c1occc1CNc1cc(F)ccc1Br. The van der Waals surface area contributed by atoms with Crippen molar-refractivity contribution in [3.05, 3.63) is 52.1 Å². The molecule has 1 aromatic carbocycles. The molecule has 0 aliphatic heterocycles. The maximum atomic E-state index is 13.0. The van der Waals surface area contributed by atoms with E-state index in [1.807, 2.05) is 0 Å². The largest absolute Gasteiger partial charge is 0.475 e. The maximum Gasteiger partial charge on any atom is 0.372 e. The van der Waals surface area contributed by atoms with Crippen molar-refractivity contribution in [2.24, 2.45) is 0 Å². The molecule has 2 N–H and O–H groups in total. The van der Waals surface area contributed by atoms with E-state index in [9.17, 15) is 9.18 Å². The van der Waals surface area contributed by atoms with Crippen LogP contribution in [0.4, 0.5) is 10.1 Å². The number of hydrogen-bond acceptors (Lipinski definition) is 3. The molecule has 4 nitrogen and oxygen atoms in total. The molecule has 0 aliphatic rings. The van der Waals surface area contributed by atoms with Crippen LogP contribution < -0.4 is 5.32 Å². The first-order valence-electron chi connectivity index (χ1n) is 5.06. The molecule has 94 valence electrons. The normalized spacial score (nSPS) is 10.3. The number of anilines is 1. The summed E-state index contributed by atoms with van der Waals surface area (Å²) in [7, 11) is 0.